The van der Waals surface area contributed by atoms with Crippen LogP contribution in [0.25, 0.3) is 22.2 Å². The summed E-state index contributed by atoms with van der Waals surface area (Å²) in [5.41, 5.74) is 3.44. The van der Waals surface area contributed by atoms with Gasteiger partial charge in [-0.3, -0.25) is 14.3 Å². The van der Waals surface area contributed by atoms with Crippen molar-refractivity contribution in [1.29, 1.82) is 0 Å². The summed E-state index contributed by atoms with van der Waals surface area (Å²) in [6.45, 7) is 0. The second kappa shape index (κ2) is 12.8. The van der Waals surface area contributed by atoms with Crippen molar-refractivity contribution >= 4 is 22.7 Å². The van der Waals surface area contributed by atoms with E-state index in [0.717, 1.165) is 47.0 Å². The van der Waals surface area contributed by atoms with Crippen molar-refractivity contribution in [3.8, 4) is 17.1 Å². The molecule has 10 nitrogen and oxygen atoms in total. The number of imidazole rings is 1. The van der Waals surface area contributed by atoms with Crippen LogP contribution in [-0.2, 0) is 23.1 Å². The minimum Gasteiger partial charge on any atom is -0.480 e. The van der Waals surface area contributed by atoms with Gasteiger partial charge in [-0.05, 0) is 37.0 Å². The van der Waals surface area contributed by atoms with Crippen molar-refractivity contribution in [1.82, 2.24) is 35.4 Å². The molecule has 2 amide bonds. The molecular formula is C28H35N7O3. The largest absolute Gasteiger partial charge is 0.480 e. The summed E-state index contributed by atoms with van der Waals surface area (Å²) in [5, 5.41) is 11.0. The fourth-order valence-corrected chi connectivity index (χ4v) is 4.44. The molecule has 1 atom stereocenters. The zero-order chi connectivity index (χ0) is 26.9. The van der Waals surface area contributed by atoms with Gasteiger partial charge in [-0.25, -0.2) is 9.97 Å². The van der Waals surface area contributed by atoms with E-state index in [0.29, 0.717) is 37.4 Å². The van der Waals surface area contributed by atoms with Crippen molar-refractivity contribution in [2.24, 2.45) is 7.05 Å². The zero-order valence-corrected chi connectivity index (χ0v) is 22.2. The number of aromatic nitrogens is 5. The molecule has 10 heteroatoms. The predicted octanol–water partition coefficient (Wildman–Crippen LogP) is 3.85. The van der Waals surface area contributed by atoms with Crippen LogP contribution in [0.2, 0.25) is 0 Å². The highest BCUT2D eigenvalue weighted by Crippen LogP contribution is 2.31. The van der Waals surface area contributed by atoms with Gasteiger partial charge in [0.25, 0.3) is 0 Å². The number of hydrogen-bond donors (Lipinski definition) is 3. The Morgan fingerprint density at radius 1 is 1.11 bits per heavy atom. The summed E-state index contributed by atoms with van der Waals surface area (Å²) in [6, 6.07) is 9.61. The molecule has 1 aromatic carbocycles. The van der Waals surface area contributed by atoms with Crippen molar-refractivity contribution in [2.45, 2.75) is 51.0 Å². The van der Waals surface area contributed by atoms with Gasteiger partial charge < -0.3 is 20.4 Å². The van der Waals surface area contributed by atoms with E-state index in [1.165, 1.54) is 0 Å². The SMILES string of the molecule is CNC(=O)CCCCC[C@H](NC(=O)CCc1cnn(C)c1)c1ncc(-c2cc3ccccc3nc2OC)[nH]1. The van der Waals surface area contributed by atoms with E-state index in [1.54, 1.807) is 31.2 Å². The van der Waals surface area contributed by atoms with Crippen molar-refractivity contribution in [3.05, 3.63) is 60.3 Å². The van der Waals surface area contributed by atoms with Gasteiger partial charge in [0.15, 0.2) is 0 Å². The number of aromatic amines is 1. The van der Waals surface area contributed by atoms with Crippen LogP contribution in [0.4, 0.5) is 0 Å². The van der Waals surface area contributed by atoms with Crippen LogP contribution in [0.15, 0.2) is 48.9 Å². The van der Waals surface area contributed by atoms with Crippen LogP contribution < -0.4 is 15.4 Å². The number of para-hydroxylation sites is 1. The number of aryl methyl sites for hydroxylation is 2. The van der Waals surface area contributed by atoms with Crippen LogP contribution in [0.1, 0.15) is 56.0 Å². The van der Waals surface area contributed by atoms with Crippen molar-refractivity contribution in [2.75, 3.05) is 14.2 Å². The summed E-state index contributed by atoms with van der Waals surface area (Å²) >= 11 is 0. The molecule has 0 radical (unpaired) electrons. The first kappa shape index (κ1) is 26.8. The molecule has 0 unspecified atom stereocenters. The molecule has 0 spiro atoms. The molecule has 0 fully saturated rings. The highest BCUT2D eigenvalue weighted by Gasteiger charge is 2.20. The minimum absolute atomic E-state index is 0.0406. The summed E-state index contributed by atoms with van der Waals surface area (Å²) in [5.74, 6) is 1.17. The van der Waals surface area contributed by atoms with E-state index in [4.69, 9.17) is 4.74 Å². The van der Waals surface area contributed by atoms with E-state index < -0.39 is 0 Å². The number of fused-ring (bicyclic) bond motifs is 1. The first-order valence-electron chi connectivity index (χ1n) is 12.9. The van der Waals surface area contributed by atoms with Crippen LogP contribution in [0, 0.1) is 0 Å². The van der Waals surface area contributed by atoms with Crippen molar-refractivity contribution in [3.63, 3.8) is 0 Å². The molecule has 4 aromatic rings. The number of ether oxygens (including phenoxy) is 1. The fourth-order valence-electron chi connectivity index (χ4n) is 4.44. The number of benzene rings is 1. The molecular weight excluding hydrogens is 482 g/mol. The van der Waals surface area contributed by atoms with Gasteiger partial charge in [-0.15, -0.1) is 0 Å². The highest BCUT2D eigenvalue weighted by molar-refractivity contribution is 5.85. The Labute approximate surface area is 222 Å². The van der Waals surface area contributed by atoms with Crippen molar-refractivity contribution < 1.29 is 14.3 Å². The number of amides is 2. The molecule has 4 rings (SSSR count). The lowest BCUT2D eigenvalue weighted by Gasteiger charge is -2.17. The molecule has 0 aliphatic heterocycles. The summed E-state index contributed by atoms with van der Waals surface area (Å²) in [4.78, 5) is 37.1. The molecule has 0 saturated heterocycles. The number of rotatable bonds is 13. The molecule has 3 heterocycles. The van der Waals surface area contributed by atoms with Gasteiger partial charge >= 0.3 is 0 Å². The third kappa shape index (κ3) is 6.96. The average Bonchev–Trinajstić information content (AvgIpc) is 3.59. The Bertz CT molecular complexity index is 1380. The molecule has 0 saturated carbocycles. The number of pyridine rings is 1. The predicted molar refractivity (Wildman–Crippen MR) is 145 cm³/mol. The number of nitrogens with one attached hydrogen (secondary N) is 3. The third-order valence-electron chi connectivity index (χ3n) is 6.51. The maximum Gasteiger partial charge on any atom is 0.223 e. The first-order chi connectivity index (χ1) is 18.5. The molecule has 3 N–H and O–H groups in total. The third-order valence-corrected chi connectivity index (χ3v) is 6.51. The number of nitrogens with zero attached hydrogens (tertiary/aromatic N) is 4. The van der Waals surface area contributed by atoms with Gasteiger partial charge in [-0.1, -0.05) is 31.0 Å². The second-order valence-corrected chi connectivity index (χ2v) is 9.33. The number of methoxy groups -OCH3 is 1. The van der Waals surface area contributed by atoms with Crippen LogP contribution in [-0.4, -0.2) is 50.7 Å². The number of carbonyl (C=O) groups is 2. The van der Waals surface area contributed by atoms with E-state index in [9.17, 15) is 9.59 Å². The number of hydrogen-bond acceptors (Lipinski definition) is 6. The fraction of sp³-hybridized carbons (Fsp3) is 0.393. The minimum atomic E-state index is -0.287. The molecule has 0 aliphatic rings. The lowest BCUT2D eigenvalue weighted by Crippen LogP contribution is -2.29. The quantitative estimate of drug-likeness (QED) is 0.231. The zero-order valence-electron chi connectivity index (χ0n) is 22.2. The summed E-state index contributed by atoms with van der Waals surface area (Å²) < 4.78 is 7.30. The second-order valence-electron chi connectivity index (χ2n) is 9.33. The standard InChI is InChI=1S/C28H35N7O3/c1-29-25(36)12-6-4-5-11-23(32-26(37)14-13-19-16-31-35(2)18-19)27-30-17-24(33-27)21-15-20-9-7-8-10-22(20)34-28(21)38-3/h7-10,15-18,23H,4-6,11-14H2,1-3H3,(H,29,36)(H,30,33)(H,32,37)/t23-/m0/s1. The van der Waals surface area contributed by atoms with E-state index in [-0.39, 0.29) is 17.9 Å². The lowest BCUT2D eigenvalue weighted by atomic mass is 10.1. The van der Waals surface area contributed by atoms with Gasteiger partial charge in [0.1, 0.15) is 5.82 Å². The van der Waals surface area contributed by atoms with Crippen LogP contribution >= 0.6 is 0 Å². The van der Waals surface area contributed by atoms with Gasteiger partial charge in [0.2, 0.25) is 17.7 Å². The molecule has 3 aromatic heterocycles. The Morgan fingerprint density at radius 2 is 1.95 bits per heavy atom. The molecule has 200 valence electrons. The van der Waals surface area contributed by atoms with Crippen LogP contribution in [0.3, 0.4) is 0 Å². The van der Waals surface area contributed by atoms with E-state index >= 15 is 0 Å². The maximum atomic E-state index is 12.9. The molecule has 0 bridgehead atoms. The Hall–Kier alpha value is -4.21. The van der Waals surface area contributed by atoms with Gasteiger partial charge in [0.05, 0.1) is 42.3 Å². The monoisotopic (exact) mass is 517 g/mol. The Kier molecular flexibility index (Phi) is 9.07. The Balaban J connectivity index is 1.49. The number of H-pyrrole nitrogens is 1. The number of unbranched alkanes of at least 4 members (excludes halogenated alkanes) is 2. The normalized spacial score (nSPS) is 11.9. The maximum absolute atomic E-state index is 12.9. The highest BCUT2D eigenvalue weighted by atomic mass is 16.5. The topological polar surface area (TPSA) is 127 Å². The van der Waals surface area contributed by atoms with E-state index in [2.05, 4.69) is 30.7 Å². The first-order valence-corrected chi connectivity index (χ1v) is 12.9. The van der Waals surface area contributed by atoms with Gasteiger partial charge in [-0.2, -0.15) is 5.10 Å². The molecule has 38 heavy (non-hydrogen) atoms. The Morgan fingerprint density at radius 3 is 2.71 bits per heavy atom. The number of carbonyl (C=O) groups excluding carboxylic acids is 2. The summed E-state index contributed by atoms with van der Waals surface area (Å²) in [6.07, 6.45) is 10.1. The lowest BCUT2D eigenvalue weighted by molar-refractivity contribution is -0.122. The van der Waals surface area contributed by atoms with Gasteiger partial charge in [0, 0.05) is 38.5 Å². The summed E-state index contributed by atoms with van der Waals surface area (Å²) in [7, 11) is 5.11. The molecule has 0 aliphatic carbocycles. The smallest absolute Gasteiger partial charge is 0.223 e. The van der Waals surface area contributed by atoms with E-state index in [1.807, 2.05) is 43.6 Å². The average molecular weight is 518 g/mol. The van der Waals surface area contributed by atoms with Crippen LogP contribution in [0.5, 0.6) is 5.88 Å².